The topological polar surface area (TPSA) is 40.5 Å². The number of fused-ring (bicyclic) bond motifs is 3. The van der Waals surface area contributed by atoms with Gasteiger partial charge in [-0.05, 0) is 45.1 Å². The van der Waals surface area contributed by atoms with E-state index in [-0.39, 0.29) is 5.54 Å². The third-order valence-electron chi connectivity index (χ3n) is 5.76. The fourth-order valence-corrected chi connectivity index (χ4v) is 4.10. The summed E-state index contributed by atoms with van der Waals surface area (Å²) in [6.07, 6.45) is 8.28. The van der Waals surface area contributed by atoms with E-state index in [1.54, 1.807) is 0 Å². The van der Waals surface area contributed by atoms with Crippen LogP contribution < -0.4 is 5.32 Å². The average Bonchev–Trinajstić information content (AvgIpc) is 3.09. The van der Waals surface area contributed by atoms with Crippen molar-refractivity contribution in [2.24, 2.45) is 4.99 Å². The summed E-state index contributed by atoms with van der Waals surface area (Å²) in [6, 6.07) is 14.5. The van der Waals surface area contributed by atoms with Crippen molar-refractivity contribution >= 4 is 17.0 Å². The molecule has 1 N–H and O–H groups in total. The van der Waals surface area contributed by atoms with Crippen molar-refractivity contribution in [1.29, 1.82) is 0 Å². The van der Waals surface area contributed by atoms with Gasteiger partial charge in [0.05, 0.1) is 28.3 Å². The summed E-state index contributed by atoms with van der Waals surface area (Å²) in [5, 5.41) is 3.53. The number of nitrogens with one attached hydrogen (secondary N) is 1. The van der Waals surface area contributed by atoms with E-state index in [0.29, 0.717) is 0 Å². The summed E-state index contributed by atoms with van der Waals surface area (Å²) in [6.45, 7) is 3.06. The Morgan fingerprint density at radius 2 is 1.96 bits per heavy atom. The van der Waals surface area contributed by atoms with Crippen LogP contribution in [0.25, 0.3) is 5.57 Å². The Balaban J connectivity index is 1.69. The van der Waals surface area contributed by atoms with Crippen LogP contribution in [0, 0.1) is 0 Å². The summed E-state index contributed by atoms with van der Waals surface area (Å²) >= 11 is 0. The van der Waals surface area contributed by atoms with E-state index in [1.165, 1.54) is 11.1 Å². The Morgan fingerprint density at radius 1 is 1.15 bits per heavy atom. The molecular weight excluding hydrogens is 332 g/mol. The minimum absolute atomic E-state index is 0.136. The Bertz CT molecular complexity index is 924. The van der Waals surface area contributed by atoms with Crippen LogP contribution >= 0.6 is 0 Å². The van der Waals surface area contributed by atoms with E-state index in [1.807, 2.05) is 18.3 Å². The molecular formula is C23H26N4. The van der Waals surface area contributed by atoms with Crippen LogP contribution in [0.4, 0.5) is 5.69 Å². The quantitative estimate of drug-likeness (QED) is 0.866. The monoisotopic (exact) mass is 358 g/mol. The van der Waals surface area contributed by atoms with Crippen LogP contribution in [0.3, 0.4) is 0 Å². The van der Waals surface area contributed by atoms with Gasteiger partial charge in [0.1, 0.15) is 0 Å². The molecule has 4 rings (SSSR count). The molecule has 2 aliphatic heterocycles. The Morgan fingerprint density at radius 3 is 2.70 bits per heavy atom. The largest absolute Gasteiger partial charge is 0.380 e. The van der Waals surface area contributed by atoms with Gasteiger partial charge in [0.2, 0.25) is 0 Å². The number of para-hydroxylation sites is 1. The SMILES string of the molecule is CCC(CC=C1NCC=C2C1=Nc1ccccc12)(c1ccccn1)N(C)C. The predicted octanol–water partition coefficient (Wildman–Crippen LogP) is 4.30. The van der Waals surface area contributed by atoms with Gasteiger partial charge < -0.3 is 5.32 Å². The van der Waals surface area contributed by atoms with Crippen LogP contribution in [0.2, 0.25) is 0 Å². The number of aliphatic imine (C=N–C) groups is 1. The van der Waals surface area contributed by atoms with Gasteiger partial charge in [-0.1, -0.05) is 43.3 Å². The number of hydrogen-bond acceptors (Lipinski definition) is 4. The number of nitrogens with zero attached hydrogens (tertiary/aromatic N) is 3. The lowest BCUT2D eigenvalue weighted by molar-refractivity contribution is 0.142. The van der Waals surface area contributed by atoms with Gasteiger partial charge in [0.25, 0.3) is 0 Å². The van der Waals surface area contributed by atoms with E-state index in [0.717, 1.165) is 42.2 Å². The fraction of sp³-hybridized carbons (Fsp3) is 0.304. The molecule has 0 aliphatic carbocycles. The van der Waals surface area contributed by atoms with Crippen LogP contribution in [-0.2, 0) is 5.54 Å². The molecule has 0 radical (unpaired) electrons. The smallest absolute Gasteiger partial charge is 0.0941 e. The minimum atomic E-state index is -0.136. The molecule has 1 unspecified atom stereocenters. The summed E-state index contributed by atoms with van der Waals surface area (Å²) in [7, 11) is 4.28. The molecule has 1 aromatic carbocycles. The highest BCUT2D eigenvalue weighted by Crippen LogP contribution is 2.39. The van der Waals surface area contributed by atoms with Crippen molar-refractivity contribution in [3.05, 3.63) is 77.8 Å². The van der Waals surface area contributed by atoms with Crippen molar-refractivity contribution in [1.82, 2.24) is 15.2 Å². The van der Waals surface area contributed by atoms with Gasteiger partial charge in [-0.3, -0.25) is 9.88 Å². The molecule has 0 saturated heterocycles. The number of benzene rings is 1. The number of hydrogen-bond donors (Lipinski definition) is 1. The van der Waals surface area contributed by atoms with Gasteiger partial charge in [-0.25, -0.2) is 4.99 Å². The first-order chi connectivity index (χ1) is 13.2. The van der Waals surface area contributed by atoms with Gasteiger partial charge in [-0.15, -0.1) is 0 Å². The van der Waals surface area contributed by atoms with E-state index in [2.05, 4.69) is 78.7 Å². The maximum Gasteiger partial charge on any atom is 0.0941 e. The zero-order valence-corrected chi connectivity index (χ0v) is 16.2. The first kappa shape index (κ1) is 17.7. The average molecular weight is 358 g/mol. The number of allylic oxidation sites excluding steroid dienone is 1. The molecule has 0 amide bonds. The van der Waals surface area contributed by atoms with E-state index >= 15 is 0 Å². The second kappa shape index (κ2) is 7.12. The van der Waals surface area contributed by atoms with Gasteiger partial charge in [-0.2, -0.15) is 0 Å². The first-order valence-electron chi connectivity index (χ1n) is 9.57. The van der Waals surface area contributed by atoms with Crippen molar-refractivity contribution in [3.63, 3.8) is 0 Å². The van der Waals surface area contributed by atoms with E-state index in [9.17, 15) is 0 Å². The second-order valence-corrected chi connectivity index (χ2v) is 7.29. The van der Waals surface area contributed by atoms with Crippen LogP contribution in [0.1, 0.15) is 31.0 Å². The summed E-state index contributed by atoms with van der Waals surface area (Å²) in [5.74, 6) is 0. The normalized spacial score (nSPS) is 19.0. The summed E-state index contributed by atoms with van der Waals surface area (Å²) in [4.78, 5) is 11.8. The van der Waals surface area contributed by atoms with E-state index < -0.39 is 0 Å². The molecule has 4 heteroatoms. The highest BCUT2D eigenvalue weighted by molar-refractivity contribution is 6.36. The molecule has 1 aromatic heterocycles. The molecule has 0 spiro atoms. The number of pyridine rings is 1. The zero-order valence-electron chi connectivity index (χ0n) is 16.2. The fourth-order valence-electron chi connectivity index (χ4n) is 4.10. The predicted molar refractivity (Wildman–Crippen MR) is 112 cm³/mol. The van der Waals surface area contributed by atoms with Crippen molar-refractivity contribution in [2.45, 2.75) is 25.3 Å². The molecule has 4 nitrogen and oxygen atoms in total. The second-order valence-electron chi connectivity index (χ2n) is 7.29. The van der Waals surface area contributed by atoms with Crippen molar-refractivity contribution in [3.8, 4) is 0 Å². The molecule has 138 valence electrons. The highest BCUT2D eigenvalue weighted by atomic mass is 15.2. The Labute approximate surface area is 161 Å². The first-order valence-corrected chi connectivity index (χ1v) is 9.57. The third kappa shape index (κ3) is 3.00. The lowest BCUT2D eigenvalue weighted by atomic mass is 9.85. The van der Waals surface area contributed by atoms with Crippen molar-refractivity contribution < 1.29 is 0 Å². The lowest BCUT2D eigenvalue weighted by Gasteiger charge is -2.38. The zero-order chi connectivity index (χ0) is 18.9. The number of rotatable bonds is 5. The maximum atomic E-state index is 4.89. The maximum absolute atomic E-state index is 4.89. The molecule has 0 saturated carbocycles. The molecule has 2 aromatic rings. The highest BCUT2D eigenvalue weighted by Gasteiger charge is 2.34. The number of aromatic nitrogens is 1. The van der Waals surface area contributed by atoms with Gasteiger partial charge in [0.15, 0.2) is 0 Å². The van der Waals surface area contributed by atoms with Gasteiger partial charge in [0, 0.05) is 23.9 Å². The summed E-state index contributed by atoms with van der Waals surface area (Å²) in [5.41, 5.74) is 6.71. The van der Waals surface area contributed by atoms with Crippen LogP contribution in [-0.4, -0.2) is 36.2 Å². The molecule has 2 aliphatic rings. The van der Waals surface area contributed by atoms with E-state index in [4.69, 9.17) is 4.99 Å². The van der Waals surface area contributed by atoms with Crippen molar-refractivity contribution in [2.75, 3.05) is 20.6 Å². The Kier molecular flexibility index (Phi) is 4.66. The molecule has 1 atom stereocenters. The Hall–Kier alpha value is -2.72. The standard InChI is InChI=1S/C23H26N4/c1-4-23(27(2)3,21-11-7-8-15-25-21)14-12-20-22-18(13-16-24-20)17-9-5-6-10-19(17)26-22/h5-13,15,24H,4,14,16H2,1-3H3. The minimum Gasteiger partial charge on any atom is -0.380 e. The molecule has 27 heavy (non-hydrogen) atoms. The lowest BCUT2D eigenvalue weighted by Crippen LogP contribution is -2.41. The molecule has 0 bridgehead atoms. The third-order valence-corrected chi connectivity index (χ3v) is 5.76. The molecule has 0 fully saturated rings. The van der Waals surface area contributed by atoms with Crippen LogP contribution in [0.5, 0.6) is 0 Å². The van der Waals surface area contributed by atoms with Crippen LogP contribution in [0.15, 0.2) is 71.5 Å². The summed E-state index contributed by atoms with van der Waals surface area (Å²) < 4.78 is 0. The van der Waals surface area contributed by atoms with Gasteiger partial charge >= 0.3 is 0 Å². The molecule has 3 heterocycles.